The number of carboxylic acids is 1. The van der Waals surface area contributed by atoms with Crippen molar-refractivity contribution in [1.82, 2.24) is 0 Å². The molecule has 0 spiro atoms. The summed E-state index contributed by atoms with van der Waals surface area (Å²) in [5.41, 5.74) is -0.0692. The molecule has 0 aromatic heterocycles. The second-order valence-corrected chi connectivity index (χ2v) is 2.75. The molecule has 0 aromatic carbocycles. The first-order valence-electron chi connectivity index (χ1n) is 3.50. The summed E-state index contributed by atoms with van der Waals surface area (Å²) >= 11 is 0. The summed E-state index contributed by atoms with van der Waals surface area (Å²) in [6.07, 6.45) is -2.86. The summed E-state index contributed by atoms with van der Waals surface area (Å²) in [6.45, 7) is 0. The van der Waals surface area contributed by atoms with Gasteiger partial charge < -0.3 is 20.4 Å². The number of carboxylic acid groups (broad SMARTS) is 1. The molecule has 68 valence electrons. The minimum atomic E-state index is -1.29. The Balaban J connectivity index is 2.81. The van der Waals surface area contributed by atoms with E-state index in [0.717, 1.165) is 6.08 Å². The van der Waals surface area contributed by atoms with E-state index in [4.69, 9.17) is 20.4 Å². The maximum Gasteiger partial charge on any atom is 0.331 e. The second-order valence-electron chi connectivity index (χ2n) is 2.75. The van der Waals surface area contributed by atoms with E-state index in [9.17, 15) is 4.79 Å². The zero-order valence-electron chi connectivity index (χ0n) is 6.21. The Morgan fingerprint density at radius 1 is 1.42 bits per heavy atom. The first-order valence-corrected chi connectivity index (χ1v) is 3.50. The van der Waals surface area contributed by atoms with Crippen LogP contribution in [0.15, 0.2) is 11.6 Å². The lowest BCUT2D eigenvalue weighted by Crippen LogP contribution is -2.40. The lowest BCUT2D eigenvalue weighted by atomic mass is 9.92. The van der Waals surface area contributed by atoms with Gasteiger partial charge in [0.2, 0.25) is 0 Å². The van der Waals surface area contributed by atoms with Crippen molar-refractivity contribution in [2.24, 2.45) is 0 Å². The maximum absolute atomic E-state index is 10.4. The molecule has 0 amide bonds. The van der Waals surface area contributed by atoms with Crippen LogP contribution >= 0.6 is 0 Å². The van der Waals surface area contributed by atoms with Crippen molar-refractivity contribution in [3.8, 4) is 0 Å². The molecule has 5 heteroatoms. The molecular formula is C7H10O5. The monoisotopic (exact) mass is 174 g/mol. The quantitative estimate of drug-likeness (QED) is 0.387. The van der Waals surface area contributed by atoms with Crippen molar-refractivity contribution < 1.29 is 25.2 Å². The third-order valence-corrected chi connectivity index (χ3v) is 1.82. The molecule has 1 aliphatic rings. The molecular weight excluding hydrogens is 164 g/mol. The van der Waals surface area contributed by atoms with E-state index in [-0.39, 0.29) is 12.0 Å². The Kier molecular flexibility index (Phi) is 2.46. The Bertz CT molecular complexity index is 222. The molecule has 0 saturated heterocycles. The van der Waals surface area contributed by atoms with Gasteiger partial charge in [0.15, 0.2) is 0 Å². The third-order valence-electron chi connectivity index (χ3n) is 1.82. The van der Waals surface area contributed by atoms with Crippen LogP contribution in [0.1, 0.15) is 6.42 Å². The van der Waals surface area contributed by atoms with Gasteiger partial charge in [-0.15, -0.1) is 0 Å². The normalized spacial score (nSPS) is 35.9. The Morgan fingerprint density at radius 3 is 2.42 bits per heavy atom. The van der Waals surface area contributed by atoms with Crippen molar-refractivity contribution in [1.29, 1.82) is 0 Å². The number of aliphatic hydroxyl groups is 3. The van der Waals surface area contributed by atoms with E-state index < -0.39 is 24.3 Å². The van der Waals surface area contributed by atoms with Crippen LogP contribution < -0.4 is 0 Å². The van der Waals surface area contributed by atoms with Crippen LogP contribution in [0.2, 0.25) is 0 Å². The lowest BCUT2D eigenvalue weighted by molar-refractivity contribution is -0.134. The van der Waals surface area contributed by atoms with Crippen LogP contribution in [-0.4, -0.2) is 44.7 Å². The Hall–Kier alpha value is -0.910. The van der Waals surface area contributed by atoms with Gasteiger partial charge in [0, 0.05) is 12.0 Å². The minimum absolute atomic E-state index is 0.0692. The fraction of sp³-hybridized carbons (Fsp3) is 0.571. The smallest absolute Gasteiger partial charge is 0.331 e. The van der Waals surface area contributed by atoms with E-state index in [0.29, 0.717) is 0 Å². The molecule has 0 aromatic rings. The number of aliphatic carboxylic acids is 1. The standard InChI is InChI=1S/C7H10O5/c8-4-1-3(7(11)12)2-5(9)6(4)10/h1,4-6,8-10H,2H2,(H,11,12)/t4?,5-,6?/m0/s1. The molecule has 0 aliphatic heterocycles. The first kappa shape index (κ1) is 9.18. The Labute approximate surface area is 68.6 Å². The lowest BCUT2D eigenvalue weighted by Gasteiger charge is -2.25. The second kappa shape index (κ2) is 3.22. The van der Waals surface area contributed by atoms with Crippen LogP contribution in [-0.2, 0) is 4.79 Å². The summed E-state index contributed by atoms with van der Waals surface area (Å²) in [5.74, 6) is -1.18. The molecule has 0 fully saturated rings. The van der Waals surface area contributed by atoms with Gasteiger partial charge in [-0.05, 0) is 6.08 Å². The summed E-state index contributed by atoms with van der Waals surface area (Å²) in [7, 11) is 0. The summed E-state index contributed by atoms with van der Waals surface area (Å²) in [4.78, 5) is 10.4. The van der Waals surface area contributed by atoms with Gasteiger partial charge in [0.1, 0.15) is 12.2 Å². The fourth-order valence-corrected chi connectivity index (χ4v) is 1.11. The molecule has 4 N–H and O–H groups in total. The molecule has 0 bridgehead atoms. The average Bonchev–Trinajstić information content (AvgIpc) is 1.99. The molecule has 0 saturated carbocycles. The van der Waals surface area contributed by atoms with E-state index in [1.807, 2.05) is 0 Å². The molecule has 1 aliphatic carbocycles. The third kappa shape index (κ3) is 1.63. The molecule has 0 radical (unpaired) electrons. The maximum atomic E-state index is 10.4. The van der Waals surface area contributed by atoms with Gasteiger partial charge in [0.25, 0.3) is 0 Å². The van der Waals surface area contributed by atoms with Crippen molar-refractivity contribution in [2.75, 3.05) is 0 Å². The van der Waals surface area contributed by atoms with Crippen LogP contribution in [0, 0.1) is 0 Å². The van der Waals surface area contributed by atoms with Crippen molar-refractivity contribution in [3.63, 3.8) is 0 Å². The van der Waals surface area contributed by atoms with Crippen molar-refractivity contribution in [2.45, 2.75) is 24.7 Å². The number of aliphatic hydroxyl groups excluding tert-OH is 3. The SMILES string of the molecule is O=C(O)C1=CC(O)C(O)[C@@H](O)C1. The highest BCUT2D eigenvalue weighted by atomic mass is 16.4. The Morgan fingerprint density at radius 2 is 2.00 bits per heavy atom. The zero-order chi connectivity index (χ0) is 9.30. The highest BCUT2D eigenvalue weighted by Gasteiger charge is 2.31. The topological polar surface area (TPSA) is 98.0 Å². The van der Waals surface area contributed by atoms with Crippen molar-refractivity contribution >= 4 is 5.97 Å². The zero-order valence-corrected chi connectivity index (χ0v) is 6.21. The van der Waals surface area contributed by atoms with Crippen LogP contribution in [0.25, 0.3) is 0 Å². The van der Waals surface area contributed by atoms with E-state index in [2.05, 4.69) is 0 Å². The predicted molar refractivity (Wildman–Crippen MR) is 38.4 cm³/mol. The predicted octanol–water partition coefficient (Wildman–Crippen LogP) is -1.52. The number of carbonyl (C=O) groups is 1. The van der Waals surface area contributed by atoms with Gasteiger partial charge in [-0.1, -0.05) is 0 Å². The van der Waals surface area contributed by atoms with Gasteiger partial charge in [0.05, 0.1) is 6.10 Å². The molecule has 5 nitrogen and oxygen atoms in total. The van der Waals surface area contributed by atoms with Crippen LogP contribution in [0.5, 0.6) is 0 Å². The van der Waals surface area contributed by atoms with E-state index >= 15 is 0 Å². The van der Waals surface area contributed by atoms with Gasteiger partial charge in [-0.3, -0.25) is 0 Å². The number of rotatable bonds is 1. The summed E-state index contributed by atoms with van der Waals surface area (Å²) < 4.78 is 0. The summed E-state index contributed by atoms with van der Waals surface area (Å²) in [5, 5.41) is 35.6. The van der Waals surface area contributed by atoms with Crippen LogP contribution in [0.4, 0.5) is 0 Å². The van der Waals surface area contributed by atoms with E-state index in [1.165, 1.54) is 0 Å². The molecule has 0 heterocycles. The number of hydrogen-bond acceptors (Lipinski definition) is 4. The highest BCUT2D eigenvalue weighted by Crippen LogP contribution is 2.19. The van der Waals surface area contributed by atoms with Crippen molar-refractivity contribution in [3.05, 3.63) is 11.6 Å². The average molecular weight is 174 g/mol. The summed E-state index contributed by atoms with van der Waals surface area (Å²) in [6, 6.07) is 0. The van der Waals surface area contributed by atoms with Gasteiger partial charge in [-0.25, -0.2) is 4.79 Å². The van der Waals surface area contributed by atoms with E-state index in [1.54, 1.807) is 0 Å². The van der Waals surface area contributed by atoms with Gasteiger partial charge in [-0.2, -0.15) is 0 Å². The van der Waals surface area contributed by atoms with Gasteiger partial charge >= 0.3 is 5.97 Å². The first-order chi connectivity index (χ1) is 5.52. The highest BCUT2D eigenvalue weighted by molar-refractivity contribution is 5.87. The minimum Gasteiger partial charge on any atom is -0.478 e. The fourth-order valence-electron chi connectivity index (χ4n) is 1.11. The van der Waals surface area contributed by atoms with Crippen LogP contribution in [0.3, 0.4) is 0 Å². The molecule has 1 rings (SSSR count). The molecule has 2 unspecified atom stereocenters. The molecule has 12 heavy (non-hydrogen) atoms. The number of hydrogen-bond donors (Lipinski definition) is 4. The largest absolute Gasteiger partial charge is 0.478 e. The molecule has 3 atom stereocenters.